The van der Waals surface area contributed by atoms with Gasteiger partial charge in [0.2, 0.25) is 10.1 Å². The molecule has 1 saturated heterocycles. The van der Waals surface area contributed by atoms with E-state index < -0.39 is 0 Å². The molecule has 28 heavy (non-hydrogen) atoms. The minimum Gasteiger partial charge on any atom is -0.346 e. The molecule has 146 valence electrons. The van der Waals surface area contributed by atoms with E-state index in [4.69, 9.17) is 0 Å². The largest absolute Gasteiger partial charge is 0.346 e. The van der Waals surface area contributed by atoms with Crippen LogP contribution in [0.15, 0.2) is 41.3 Å². The molecule has 2 N–H and O–H groups in total. The Morgan fingerprint density at radius 3 is 2.89 bits per heavy atom. The number of rotatable bonds is 4. The monoisotopic (exact) mass is 398 g/mol. The van der Waals surface area contributed by atoms with Gasteiger partial charge < -0.3 is 15.5 Å². The van der Waals surface area contributed by atoms with E-state index in [0.717, 1.165) is 42.3 Å². The molecule has 0 bridgehead atoms. The number of carbonyl (C=O) groups excluding carboxylic acids is 1. The van der Waals surface area contributed by atoms with E-state index in [2.05, 4.69) is 25.6 Å². The number of amides is 2. The topological polar surface area (TPSA) is 91.6 Å². The number of hydrogen-bond acceptors (Lipinski definition) is 6. The highest BCUT2D eigenvalue weighted by atomic mass is 32.1. The van der Waals surface area contributed by atoms with Crippen molar-refractivity contribution >= 4 is 33.1 Å². The van der Waals surface area contributed by atoms with Crippen molar-refractivity contribution < 1.29 is 4.79 Å². The smallest absolute Gasteiger partial charge is 0.319 e. The van der Waals surface area contributed by atoms with E-state index in [1.807, 2.05) is 31.2 Å². The van der Waals surface area contributed by atoms with Crippen LogP contribution in [0, 0.1) is 12.8 Å². The lowest BCUT2D eigenvalue weighted by atomic mass is 9.98. The molecule has 0 saturated carbocycles. The molecule has 3 aromatic rings. The Morgan fingerprint density at radius 2 is 2.11 bits per heavy atom. The summed E-state index contributed by atoms with van der Waals surface area (Å²) in [7, 11) is 0. The van der Waals surface area contributed by atoms with E-state index >= 15 is 0 Å². The van der Waals surface area contributed by atoms with Crippen molar-refractivity contribution in [3.63, 3.8) is 0 Å². The summed E-state index contributed by atoms with van der Waals surface area (Å²) in [5.41, 5.74) is 1.76. The number of nitrogens with zero attached hydrogens (tertiary/aromatic N) is 4. The van der Waals surface area contributed by atoms with Gasteiger partial charge in [0.05, 0.1) is 0 Å². The Labute approximate surface area is 166 Å². The quantitative estimate of drug-likeness (QED) is 0.705. The summed E-state index contributed by atoms with van der Waals surface area (Å²) in [6.45, 7) is 4.29. The second-order valence-corrected chi connectivity index (χ2v) is 7.95. The van der Waals surface area contributed by atoms with Crippen molar-refractivity contribution in [2.24, 2.45) is 5.92 Å². The molecule has 1 atom stereocenters. The van der Waals surface area contributed by atoms with Crippen LogP contribution in [-0.2, 0) is 0 Å². The number of carbonyl (C=O) groups is 1. The number of fused-ring (bicyclic) bond motifs is 1. The maximum atomic E-state index is 12.2. The predicted octanol–water partition coefficient (Wildman–Crippen LogP) is 2.50. The SMILES string of the molecule is Cc1ccc(NC(=O)NC[C@@H]2CCCN(c3nn4c(=O)ccnc4s3)C2)cc1. The Hall–Kier alpha value is -2.94. The second kappa shape index (κ2) is 7.97. The normalized spacial score (nSPS) is 16.9. The molecule has 0 unspecified atom stereocenters. The first-order valence-corrected chi connectivity index (χ1v) is 10.1. The minimum absolute atomic E-state index is 0.171. The summed E-state index contributed by atoms with van der Waals surface area (Å²) in [6.07, 6.45) is 3.57. The molecule has 3 heterocycles. The van der Waals surface area contributed by atoms with Gasteiger partial charge in [0.25, 0.3) is 5.56 Å². The molecule has 1 aliphatic heterocycles. The van der Waals surface area contributed by atoms with Crippen LogP contribution in [0.4, 0.5) is 15.6 Å². The number of anilines is 2. The van der Waals surface area contributed by atoms with Crippen LogP contribution in [0.2, 0.25) is 0 Å². The van der Waals surface area contributed by atoms with Crippen molar-refractivity contribution in [1.82, 2.24) is 19.9 Å². The zero-order chi connectivity index (χ0) is 19.5. The third-order valence-corrected chi connectivity index (χ3v) is 5.79. The van der Waals surface area contributed by atoms with Gasteiger partial charge in [-0.05, 0) is 37.8 Å². The van der Waals surface area contributed by atoms with Crippen LogP contribution in [-0.4, -0.2) is 40.3 Å². The lowest BCUT2D eigenvalue weighted by molar-refractivity contribution is 0.249. The van der Waals surface area contributed by atoms with Gasteiger partial charge in [0.1, 0.15) is 0 Å². The Bertz CT molecular complexity index is 1030. The fourth-order valence-corrected chi connectivity index (χ4v) is 4.23. The molecular weight excluding hydrogens is 376 g/mol. The van der Waals surface area contributed by atoms with E-state index in [9.17, 15) is 9.59 Å². The number of piperidine rings is 1. The van der Waals surface area contributed by atoms with Gasteiger partial charge in [-0.1, -0.05) is 29.0 Å². The Balaban J connectivity index is 1.34. The lowest BCUT2D eigenvalue weighted by Gasteiger charge is -2.32. The number of urea groups is 1. The first-order chi connectivity index (χ1) is 13.6. The third-order valence-electron chi connectivity index (χ3n) is 4.81. The maximum Gasteiger partial charge on any atom is 0.319 e. The van der Waals surface area contributed by atoms with Gasteiger partial charge in [0, 0.05) is 37.6 Å². The molecule has 4 rings (SSSR count). The van der Waals surface area contributed by atoms with Gasteiger partial charge in [0.15, 0.2) is 0 Å². The zero-order valence-corrected chi connectivity index (χ0v) is 16.4. The van der Waals surface area contributed by atoms with Gasteiger partial charge in [-0.15, -0.1) is 5.10 Å². The fourth-order valence-electron chi connectivity index (χ4n) is 3.32. The molecule has 0 aliphatic carbocycles. The van der Waals surface area contributed by atoms with E-state index in [1.54, 1.807) is 0 Å². The molecule has 0 spiro atoms. The van der Waals surface area contributed by atoms with Crippen molar-refractivity contribution in [3.05, 3.63) is 52.4 Å². The summed E-state index contributed by atoms with van der Waals surface area (Å²) in [6, 6.07) is 8.92. The van der Waals surface area contributed by atoms with E-state index in [0.29, 0.717) is 17.4 Å². The Morgan fingerprint density at radius 1 is 1.29 bits per heavy atom. The highest BCUT2D eigenvalue weighted by Crippen LogP contribution is 2.26. The highest BCUT2D eigenvalue weighted by molar-refractivity contribution is 7.20. The van der Waals surface area contributed by atoms with Gasteiger partial charge in [-0.3, -0.25) is 4.79 Å². The molecule has 2 aromatic heterocycles. The van der Waals surface area contributed by atoms with Crippen LogP contribution in [0.25, 0.3) is 4.96 Å². The molecule has 1 aromatic carbocycles. The standard InChI is InChI=1S/C19H22N6O2S/c1-13-4-6-15(7-5-13)22-17(27)21-11-14-3-2-10-24(12-14)19-23-25-16(26)8-9-20-18(25)28-19/h4-9,14H,2-3,10-12H2,1H3,(H2,21,22,27)/t14-/m0/s1. The van der Waals surface area contributed by atoms with Gasteiger partial charge in [-0.25, -0.2) is 9.78 Å². The summed E-state index contributed by atoms with van der Waals surface area (Å²) in [5, 5.41) is 11.0. The van der Waals surface area contributed by atoms with Gasteiger partial charge >= 0.3 is 6.03 Å². The third kappa shape index (κ3) is 4.14. The maximum absolute atomic E-state index is 12.2. The van der Waals surface area contributed by atoms with Crippen molar-refractivity contribution in [1.29, 1.82) is 0 Å². The highest BCUT2D eigenvalue weighted by Gasteiger charge is 2.23. The molecule has 1 aliphatic rings. The van der Waals surface area contributed by atoms with E-state index in [-0.39, 0.29) is 11.6 Å². The number of aromatic nitrogens is 3. The number of nitrogens with one attached hydrogen (secondary N) is 2. The zero-order valence-electron chi connectivity index (χ0n) is 15.6. The lowest BCUT2D eigenvalue weighted by Crippen LogP contribution is -2.42. The molecule has 1 fully saturated rings. The Kier molecular flexibility index (Phi) is 5.25. The van der Waals surface area contributed by atoms with Crippen LogP contribution in [0.3, 0.4) is 0 Å². The first kappa shape index (κ1) is 18.4. The van der Waals surface area contributed by atoms with Crippen LogP contribution in [0.1, 0.15) is 18.4 Å². The van der Waals surface area contributed by atoms with E-state index in [1.165, 1.54) is 28.1 Å². The van der Waals surface area contributed by atoms with Crippen molar-refractivity contribution in [3.8, 4) is 0 Å². The molecule has 9 heteroatoms. The minimum atomic E-state index is -0.197. The second-order valence-electron chi connectivity index (χ2n) is 7.02. The van der Waals surface area contributed by atoms with Gasteiger partial charge in [-0.2, -0.15) is 4.52 Å². The average Bonchev–Trinajstić information content (AvgIpc) is 3.14. The fraction of sp³-hybridized carbons (Fsp3) is 0.368. The summed E-state index contributed by atoms with van der Waals surface area (Å²) >= 11 is 1.41. The first-order valence-electron chi connectivity index (χ1n) is 9.30. The molecule has 8 nitrogen and oxygen atoms in total. The average molecular weight is 398 g/mol. The number of aryl methyl sites for hydroxylation is 1. The molecule has 2 amide bonds. The summed E-state index contributed by atoms with van der Waals surface area (Å²) < 4.78 is 1.34. The van der Waals surface area contributed by atoms with Crippen LogP contribution < -0.4 is 21.1 Å². The molecular formula is C19H22N6O2S. The summed E-state index contributed by atoms with van der Waals surface area (Å²) in [5.74, 6) is 0.328. The number of benzene rings is 1. The predicted molar refractivity (Wildman–Crippen MR) is 110 cm³/mol. The summed E-state index contributed by atoms with van der Waals surface area (Å²) in [4.78, 5) is 31.0. The van der Waals surface area contributed by atoms with Crippen molar-refractivity contribution in [2.45, 2.75) is 19.8 Å². The van der Waals surface area contributed by atoms with Crippen molar-refractivity contribution in [2.75, 3.05) is 29.9 Å². The van der Waals surface area contributed by atoms with Crippen LogP contribution in [0.5, 0.6) is 0 Å². The number of hydrogen-bond donors (Lipinski definition) is 2. The van der Waals surface area contributed by atoms with Crippen LogP contribution >= 0.6 is 11.3 Å². The molecule has 0 radical (unpaired) electrons.